The number of nitrogens with zero attached hydrogens (tertiary/aromatic N) is 2. The number of carbonyl (C=O) groups is 2. The van der Waals surface area contributed by atoms with Crippen LogP contribution in [0, 0.1) is 18.8 Å². The van der Waals surface area contributed by atoms with Crippen LogP contribution in [-0.2, 0) is 16.1 Å². The van der Waals surface area contributed by atoms with Crippen molar-refractivity contribution in [3.8, 4) is 0 Å². The number of rotatable bonds is 4. The Morgan fingerprint density at radius 2 is 1.95 bits per heavy atom. The molecule has 2 unspecified atom stereocenters. The molecule has 1 fully saturated rings. The topological polar surface area (TPSA) is 62.3 Å². The van der Waals surface area contributed by atoms with E-state index in [0.29, 0.717) is 6.54 Å². The second-order valence-corrected chi connectivity index (χ2v) is 7.19. The monoisotopic (exact) mass is 309 g/mol. The van der Waals surface area contributed by atoms with Gasteiger partial charge in [0.15, 0.2) is 0 Å². The van der Waals surface area contributed by atoms with Crippen molar-refractivity contribution in [2.24, 2.45) is 11.8 Å². The molecule has 2 heterocycles. The molecule has 1 aromatic rings. The Hall–Kier alpha value is -1.43. The average molecular weight is 309 g/mol. The molecular weight excluding hydrogens is 286 g/mol. The highest BCUT2D eigenvalue weighted by molar-refractivity contribution is 7.09. The smallest absolute Gasteiger partial charge is 0.246 e. The molecule has 2 rings (SSSR count). The number of carbonyl (C=O) groups excluding carboxylic acids is 2. The van der Waals surface area contributed by atoms with E-state index in [1.54, 1.807) is 10.4 Å². The van der Waals surface area contributed by atoms with E-state index < -0.39 is 12.1 Å². The summed E-state index contributed by atoms with van der Waals surface area (Å²) >= 11 is 1.53. The number of aryl methyl sites for hydroxylation is 1. The first-order valence-corrected chi connectivity index (χ1v) is 8.20. The van der Waals surface area contributed by atoms with Crippen LogP contribution in [0.25, 0.3) is 0 Å². The van der Waals surface area contributed by atoms with Gasteiger partial charge < -0.3 is 10.2 Å². The fourth-order valence-electron chi connectivity index (χ4n) is 2.68. The maximum atomic E-state index is 12.8. The highest BCUT2D eigenvalue weighted by atomic mass is 32.1. The van der Waals surface area contributed by atoms with Gasteiger partial charge in [0, 0.05) is 4.88 Å². The molecule has 0 aromatic carbocycles. The van der Waals surface area contributed by atoms with E-state index in [4.69, 9.17) is 0 Å². The minimum atomic E-state index is -0.430. The maximum Gasteiger partial charge on any atom is 0.246 e. The quantitative estimate of drug-likeness (QED) is 0.925. The number of piperazine rings is 1. The molecule has 6 heteroatoms. The lowest BCUT2D eigenvalue weighted by Crippen LogP contribution is -2.65. The van der Waals surface area contributed by atoms with Crippen LogP contribution in [0.3, 0.4) is 0 Å². The fraction of sp³-hybridized carbons (Fsp3) is 0.667. The van der Waals surface area contributed by atoms with E-state index >= 15 is 0 Å². The zero-order valence-electron chi connectivity index (χ0n) is 13.2. The summed E-state index contributed by atoms with van der Waals surface area (Å²) in [7, 11) is 0. The number of thiazole rings is 1. The Balaban J connectivity index is 2.32. The first-order chi connectivity index (χ1) is 9.82. The molecule has 1 aliphatic heterocycles. The van der Waals surface area contributed by atoms with Gasteiger partial charge in [-0.15, -0.1) is 11.3 Å². The molecule has 1 aromatic heterocycles. The maximum absolute atomic E-state index is 12.8. The lowest BCUT2D eigenvalue weighted by molar-refractivity contribution is -0.153. The number of hydrogen-bond acceptors (Lipinski definition) is 4. The van der Waals surface area contributed by atoms with E-state index in [0.717, 1.165) is 10.6 Å². The summed E-state index contributed by atoms with van der Waals surface area (Å²) in [5.74, 6) is 0.122. The van der Waals surface area contributed by atoms with Crippen molar-refractivity contribution < 1.29 is 9.59 Å². The Labute approximate surface area is 129 Å². The minimum Gasteiger partial charge on any atom is -0.342 e. The number of nitrogens with one attached hydrogen (secondary N) is 1. The van der Waals surface area contributed by atoms with Gasteiger partial charge in [0.1, 0.15) is 12.1 Å². The Morgan fingerprint density at radius 1 is 1.29 bits per heavy atom. The first-order valence-electron chi connectivity index (χ1n) is 7.32. The van der Waals surface area contributed by atoms with Crippen LogP contribution in [0.1, 0.15) is 38.3 Å². The van der Waals surface area contributed by atoms with Gasteiger partial charge in [-0.2, -0.15) is 0 Å². The van der Waals surface area contributed by atoms with E-state index in [2.05, 4.69) is 10.3 Å². The summed E-state index contributed by atoms with van der Waals surface area (Å²) in [6, 6.07) is -0.838. The third kappa shape index (κ3) is 3.10. The summed E-state index contributed by atoms with van der Waals surface area (Å²) in [5.41, 5.74) is 2.71. The fourth-order valence-corrected chi connectivity index (χ4v) is 3.46. The number of aromatic nitrogens is 1. The Kier molecular flexibility index (Phi) is 4.66. The van der Waals surface area contributed by atoms with Crippen molar-refractivity contribution in [1.82, 2.24) is 15.2 Å². The lowest BCUT2D eigenvalue weighted by atomic mass is 9.93. The Bertz CT molecular complexity index is 539. The molecule has 2 amide bonds. The first kappa shape index (κ1) is 15.9. The third-order valence-corrected chi connectivity index (χ3v) is 4.83. The molecule has 0 bridgehead atoms. The van der Waals surface area contributed by atoms with Crippen molar-refractivity contribution >= 4 is 23.2 Å². The Morgan fingerprint density at radius 3 is 2.43 bits per heavy atom. The van der Waals surface area contributed by atoms with Gasteiger partial charge in [-0.3, -0.25) is 9.59 Å². The van der Waals surface area contributed by atoms with Crippen LogP contribution >= 0.6 is 11.3 Å². The van der Waals surface area contributed by atoms with Gasteiger partial charge in [0.2, 0.25) is 11.8 Å². The normalized spacial score (nSPS) is 23.1. The van der Waals surface area contributed by atoms with E-state index in [-0.39, 0.29) is 23.7 Å². The molecule has 5 nitrogen and oxygen atoms in total. The van der Waals surface area contributed by atoms with Crippen molar-refractivity contribution in [3.63, 3.8) is 0 Å². The lowest BCUT2D eigenvalue weighted by Gasteiger charge is -2.41. The molecular formula is C15H23N3O2S. The second-order valence-electron chi connectivity index (χ2n) is 6.25. The van der Waals surface area contributed by atoms with Crippen LogP contribution in [0.15, 0.2) is 5.51 Å². The standard InChI is InChI=1S/C15H23N3O2S/c1-8(2)12-15(20)18(6-11-10(5)16-7-21-11)13(9(3)4)14(19)17-12/h7-9,12-13H,6H2,1-5H3,(H,17,19). The van der Waals surface area contributed by atoms with Crippen molar-refractivity contribution in [2.75, 3.05) is 0 Å². The van der Waals surface area contributed by atoms with Crippen LogP contribution in [0.2, 0.25) is 0 Å². The average Bonchev–Trinajstić information content (AvgIpc) is 2.78. The van der Waals surface area contributed by atoms with Gasteiger partial charge in [-0.05, 0) is 18.8 Å². The molecule has 1 saturated heterocycles. The largest absolute Gasteiger partial charge is 0.342 e. The van der Waals surface area contributed by atoms with Gasteiger partial charge in [-0.25, -0.2) is 4.98 Å². The predicted octanol–water partition coefficient (Wildman–Crippen LogP) is 1.96. The highest BCUT2D eigenvalue weighted by Gasteiger charge is 2.43. The molecule has 0 spiro atoms. The summed E-state index contributed by atoms with van der Waals surface area (Å²) in [4.78, 5) is 32.2. The number of amides is 2. The third-order valence-electron chi connectivity index (χ3n) is 3.91. The van der Waals surface area contributed by atoms with Gasteiger partial charge in [-0.1, -0.05) is 27.7 Å². The van der Waals surface area contributed by atoms with Crippen LogP contribution in [0.5, 0.6) is 0 Å². The van der Waals surface area contributed by atoms with E-state index in [9.17, 15) is 9.59 Å². The van der Waals surface area contributed by atoms with Gasteiger partial charge in [0.25, 0.3) is 0 Å². The van der Waals surface area contributed by atoms with Crippen molar-refractivity contribution in [3.05, 3.63) is 16.1 Å². The molecule has 1 aliphatic rings. The molecule has 1 N–H and O–H groups in total. The molecule has 21 heavy (non-hydrogen) atoms. The zero-order valence-corrected chi connectivity index (χ0v) is 14.0. The summed E-state index contributed by atoms with van der Waals surface area (Å²) in [6.45, 7) is 10.3. The van der Waals surface area contributed by atoms with Crippen LogP contribution in [0.4, 0.5) is 0 Å². The van der Waals surface area contributed by atoms with Gasteiger partial charge >= 0.3 is 0 Å². The molecule has 0 radical (unpaired) electrons. The van der Waals surface area contributed by atoms with Crippen molar-refractivity contribution in [1.29, 1.82) is 0 Å². The van der Waals surface area contributed by atoms with Crippen molar-refractivity contribution in [2.45, 2.75) is 53.2 Å². The van der Waals surface area contributed by atoms with Crippen LogP contribution < -0.4 is 5.32 Å². The summed E-state index contributed by atoms with van der Waals surface area (Å²) < 4.78 is 0. The second kappa shape index (κ2) is 6.13. The number of hydrogen-bond donors (Lipinski definition) is 1. The SMILES string of the molecule is Cc1ncsc1CN1C(=O)C(C(C)C)NC(=O)C1C(C)C. The highest BCUT2D eigenvalue weighted by Crippen LogP contribution is 2.25. The zero-order chi connectivity index (χ0) is 15.7. The summed E-state index contributed by atoms with van der Waals surface area (Å²) in [6.07, 6.45) is 0. The summed E-state index contributed by atoms with van der Waals surface area (Å²) in [5, 5.41) is 2.88. The minimum absolute atomic E-state index is 0.0103. The predicted molar refractivity (Wildman–Crippen MR) is 82.8 cm³/mol. The van der Waals surface area contributed by atoms with Crippen LogP contribution in [-0.4, -0.2) is 33.8 Å². The molecule has 2 atom stereocenters. The molecule has 0 saturated carbocycles. The molecule has 0 aliphatic carbocycles. The molecule has 116 valence electrons. The van der Waals surface area contributed by atoms with E-state index in [1.165, 1.54) is 11.3 Å². The van der Waals surface area contributed by atoms with E-state index in [1.807, 2.05) is 34.6 Å². The van der Waals surface area contributed by atoms with Gasteiger partial charge in [0.05, 0.1) is 17.7 Å².